The summed E-state index contributed by atoms with van der Waals surface area (Å²) in [6.07, 6.45) is 1.84. The van der Waals surface area contributed by atoms with Crippen molar-refractivity contribution >= 4 is 17.2 Å². The minimum absolute atomic E-state index is 0.0292. The normalized spacial score (nSPS) is 15.7. The molecule has 5 nitrogen and oxygen atoms in total. The molecular weight excluding hydrogens is 262 g/mol. The van der Waals surface area contributed by atoms with E-state index in [0.29, 0.717) is 32.0 Å². The van der Waals surface area contributed by atoms with E-state index in [0.717, 1.165) is 16.3 Å². The minimum atomic E-state index is 0.0292. The van der Waals surface area contributed by atoms with E-state index in [1.165, 1.54) is 0 Å². The van der Waals surface area contributed by atoms with E-state index in [1.54, 1.807) is 11.3 Å². The Kier molecular flexibility index (Phi) is 3.35. The number of hydrogen-bond acceptors (Lipinski definition) is 4. The number of amides is 1. The third-order valence-electron chi connectivity index (χ3n) is 3.13. The van der Waals surface area contributed by atoms with Crippen LogP contribution in [0.3, 0.4) is 0 Å². The average Bonchev–Trinajstić information content (AvgIpc) is 3.07. The maximum absolute atomic E-state index is 12.3. The summed E-state index contributed by atoms with van der Waals surface area (Å²) in [5, 5.41) is 3.03. The Morgan fingerprint density at radius 1 is 1.47 bits per heavy atom. The van der Waals surface area contributed by atoms with E-state index < -0.39 is 0 Å². The molecule has 3 heterocycles. The molecule has 100 valence electrons. The largest absolute Gasteiger partial charge is 0.378 e. The molecule has 19 heavy (non-hydrogen) atoms. The molecule has 6 heteroatoms. The summed E-state index contributed by atoms with van der Waals surface area (Å²) in [5.41, 5.74) is 2.49. The van der Waals surface area contributed by atoms with Crippen molar-refractivity contribution in [3.63, 3.8) is 0 Å². The van der Waals surface area contributed by atoms with Crippen molar-refractivity contribution in [2.45, 2.75) is 6.92 Å². The lowest BCUT2D eigenvalue weighted by atomic mass is 10.2. The highest BCUT2D eigenvalue weighted by Gasteiger charge is 2.20. The molecule has 1 N–H and O–H groups in total. The van der Waals surface area contributed by atoms with Crippen LogP contribution in [0.2, 0.25) is 0 Å². The maximum Gasteiger partial charge on any atom is 0.270 e. The summed E-state index contributed by atoms with van der Waals surface area (Å²) >= 11 is 1.61. The lowest BCUT2D eigenvalue weighted by Gasteiger charge is -2.26. The SMILES string of the molecule is Cc1nc(-c2c[nH]c(C(=O)N3CCOCC3)c2)cs1. The van der Waals surface area contributed by atoms with Crippen molar-refractivity contribution in [2.24, 2.45) is 0 Å². The first-order chi connectivity index (χ1) is 9.24. The second kappa shape index (κ2) is 5.14. The van der Waals surface area contributed by atoms with Gasteiger partial charge in [0.05, 0.1) is 23.9 Å². The molecule has 2 aromatic rings. The Morgan fingerprint density at radius 2 is 2.26 bits per heavy atom. The van der Waals surface area contributed by atoms with Gasteiger partial charge in [0.15, 0.2) is 0 Å². The number of carbonyl (C=O) groups excluding carboxylic acids is 1. The van der Waals surface area contributed by atoms with E-state index in [9.17, 15) is 4.79 Å². The average molecular weight is 277 g/mol. The highest BCUT2D eigenvalue weighted by Crippen LogP contribution is 2.22. The van der Waals surface area contributed by atoms with Crippen molar-refractivity contribution in [1.29, 1.82) is 0 Å². The van der Waals surface area contributed by atoms with Crippen LogP contribution in [-0.4, -0.2) is 47.1 Å². The van der Waals surface area contributed by atoms with Gasteiger partial charge in [-0.05, 0) is 13.0 Å². The number of rotatable bonds is 2. The number of aryl methyl sites for hydroxylation is 1. The number of aromatic amines is 1. The third-order valence-corrected chi connectivity index (χ3v) is 3.90. The topological polar surface area (TPSA) is 58.2 Å². The van der Waals surface area contributed by atoms with Crippen LogP contribution in [0.4, 0.5) is 0 Å². The van der Waals surface area contributed by atoms with E-state index in [4.69, 9.17) is 4.74 Å². The first-order valence-corrected chi connectivity index (χ1v) is 7.10. The monoisotopic (exact) mass is 277 g/mol. The number of morpholine rings is 1. The summed E-state index contributed by atoms with van der Waals surface area (Å²) in [5.74, 6) is 0.0292. The highest BCUT2D eigenvalue weighted by molar-refractivity contribution is 7.09. The fourth-order valence-corrected chi connectivity index (χ4v) is 2.72. The number of H-pyrrole nitrogens is 1. The van der Waals surface area contributed by atoms with Gasteiger partial charge in [0.1, 0.15) is 5.69 Å². The van der Waals surface area contributed by atoms with Crippen molar-refractivity contribution in [1.82, 2.24) is 14.9 Å². The predicted octanol–water partition coefficient (Wildman–Crippen LogP) is 1.92. The second-order valence-electron chi connectivity index (χ2n) is 4.46. The molecule has 1 aliphatic heterocycles. The molecule has 1 fully saturated rings. The van der Waals surface area contributed by atoms with Gasteiger partial charge in [-0.3, -0.25) is 4.79 Å². The van der Waals surface area contributed by atoms with Gasteiger partial charge in [-0.1, -0.05) is 0 Å². The van der Waals surface area contributed by atoms with Gasteiger partial charge in [-0.25, -0.2) is 4.98 Å². The molecule has 0 aromatic carbocycles. The molecular formula is C13H15N3O2S. The highest BCUT2D eigenvalue weighted by atomic mass is 32.1. The van der Waals surface area contributed by atoms with Crippen molar-refractivity contribution in [2.75, 3.05) is 26.3 Å². The van der Waals surface area contributed by atoms with Crippen LogP contribution < -0.4 is 0 Å². The molecule has 0 spiro atoms. The number of thiazole rings is 1. The predicted molar refractivity (Wildman–Crippen MR) is 73.4 cm³/mol. The summed E-state index contributed by atoms with van der Waals surface area (Å²) < 4.78 is 5.25. The molecule has 1 aliphatic rings. The number of ether oxygens (including phenoxy) is 1. The van der Waals surface area contributed by atoms with Gasteiger partial charge >= 0.3 is 0 Å². The maximum atomic E-state index is 12.3. The third kappa shape index (κ3) is 2.54. The molecule has 1 amide bonds. The number of aromatic nitrogens is 2. The minimum Gasteiger partial charge on any atom is -0.378 e. The van der Waals surface area contributed by atoms with E-state index in [2.05, 4.69) is 9.97 Å². The summed E-state index contributed by atoms with van der Waals surface area (Å²) in [7, 11) is 0. The van der Waals surface area contributed by atoms with Crippen LogP contribution >= 0.6 is 11.3 Å². The fourth-order valence-electron chi connectivity index (χ4n) is 2.10. The van der Waals surface area contributed by atoms with Crippen molar-refractivity contribution in [3.8, 4) is 11.3 Å². The second-order valence-corrected chi connectivity index (χ2v) is 5.52. The Bertz CT molecular complexity index is 584. The first kappa shape index (κ1) is 12.4. The van der Waals surface area contributed by atoms with Gasteiger partial charge in [0.25, 0.3) is 5.91 Å². The summed E-state index contributed by atoms with van der Waals surface area (Å²) in [6, 6.07) is 1.87. The fraction of sp³-hybridized carbons (Fsp3) is 0.385. The first-order valence-electron chi connectivity index (χ1n) is 6.22. The number of nitrogens with zero attached hydrogens (tertiary/aromatic N) is 2. The van der Waals surface area contributed by atoms with Gasteiger partial charge in [-0.15, -0.1) is 11.3 Å². The Balaban J connectivity index is 1.79. The Labute approximate surface area is 115 Å². The number of nitrogens with one attached hydrogen (secondary N) is 1. The molecule has 1 saturated heterocycles. The van der Waals surface area contributed by atoms with Gasteiger partial charge in [-0.2, -0.15) is 0 Å². The van der Waals surface area contributed by atoms with E-state index >= 15 is 0 Å². The van der Waals surface area contributed by atoms with Crippen LogP contribution in [0, 0.1) is 6.92 Å². The van der Waals surface area contributed by atoms with Crippen molar-refractivity contribution < 1.29 is 9.53 Å². The molecule has 0 saturated carbocycles. The van der Waals surface area contributed by atoms with E-state index in [-0.39, 0.29) is 5.91 Å². The Morgan fingerprint density at radius 3 is 2.95 bits per heavy atom. The Hall–Kier alpha value is -1.66. The molecule has 0 atom stereocenters. The number of carbonyl (C=O) groups is 1. The molecule has 2 aromatic heterocycles. The van der Waals surface area contributed by atoms with Crippen LogP contribution in [0.5, 0.6) is 0 Å². The molecule has 0 radical (unpaired) electrons. The lowest BCUT2D eigenvalue weighted by Crippen LogP contribution is -2.40. The zero-order valence-electron chi connectivity index (χ0n) is 10.7. The standard InChI is InChI=1S/C13H15N3O2S/c1-9-15-12(8-19-9)10-6-11(14-7-10)13(17)16-2-4-18-5-3-16/h6-8,14H,2-5H2,1H3. The van der Waals surface area contributed by atoms with Gasteiger partial charge < -0.3 is 14.6 Å². The van der Waals surface area contributed by atoms with Crippen LogP contribution in [0.1, 0.15) is 15.5 Å². The molecule has 3 rings (SSSR count). The van der Waals surface area contributed by atoms with Gasteiger partial charge in [0, 0.05) is 30.2 Å². The molecule has 0 unspecified atom stereocenters. The zero-order valence-corrected chi connectivity index (χ0v) is 11.5. The number of hydrogen-bond donors (Lipinski definition) is 1. The molecule has 0 aliphatic carbocycles. The summed E-state index contributed by atoms with van der Waals surface area (Å²) in [6.45, 7) is 4.52. The smallest absolute Gasteiger partial charge is 0.270 e. The van der Waals surface area contributed by atoms with Crippen LogP contribution in [-0.2, 0) is 4.74 Å². The van der Waals surface area contributed by atoms with E-state index in [1.807, 2.05) is 29.5 Å². The lowest BCUT2D eigenvalue weighted by molar-refractivity contribution is 0.0299. The van der Waals surface area contributed by atoms with Crippen LogP contribution in [0.15, 0.2) is 17.6 Å². The quantitative estimate of drug-likeness (QED) is 0.912. The zero-order chi connectivity index (χ0) is 13.2. The van der Waals surface area contributed by atoms with Crippen LogP contribution in [0.25, 0.3) is 11.3 Å². The summed E-state index contributed by atoms with van der Waals surface area (Å²) in [4.78, 5) is 21.5. The van der Waals surface area contributed by atoms with Crippen molar-refractivity contribution in [3.05, 3.63) is 28.3 Å². The molecule has 0 bridgehead atoms. The van der Waals surface area contributed by atoms with Gasteiger partial charge in [0.2, 0.25) is 0 Å².